The molecule has 0 spiro atoms. The van der Waals surface area contributed by atoms with Crippen LogP contribution in [0.15, 0.2) is 47.4 Å². The summed E-state index contributed by atoms with van der Waals surface area (Å²) in [7, 11) is -3.35. The zero-order valence-electron chi connectivity index (χ0n) is 15.9. The van der Waals surface area contributed by atoms with Gasteiger partial charge in [0.1, 0.15) is 0 Å². The summed E-state index contributed by atoms with van der Waals surface area (Å²) < 4.78 is 24.9. The zero-order chi connectivity index (χ0) is 19.9. The van der Waals surface area contributed by atoms with Crippen LogP contribution < -0.4 is 0 Å². The lowest BCUT2D eigenvalue weighted by atomic mass is 9.97. The van der Waals surface area contributed by atoms with Gasteiger partial charge < -0.3 is 4.90 Å². The molecular weight excluding hydrogens is 392 g/mol. The summed E-state index contributed by atoms with van der Waals surface area (Å²) in [5.41, 5.74) is 2.26. The molecule has 1 aromatic heterocycles. The van der Waals surface area contributed by atoms with Crippen molar-refractivity contribution in [3.63, 3.8) is 0 Å². The molecule has 4 rings (SSSR count). The minimum Gasteiger partial charge on any atom is -0.338 e. The maximum absolute atomic E-state index is 13.2. The Balaban J connectivity index is 1.60. The number of piperidine rings is 1. The van der Waals surface area contributed by atoms with Crippen molar-refractivity contribution in [2.45, 2.75) is 30.6 Å². The largest absolute Gasteiger partial charge is 0.338 e. The molecule has 1 amide bonds. The molecule has 7 heteroatoms. The van der Waals surface area contributed by atoms with Crippen LogP contribution in [0.25, 0.3) is 10.2 Å². The molecule has 146 valence electrons. The number of thiazole rings is 1. The molecule has 0 saturated carbocycles. The molecular formula is C21H22N2O3S2. The van der Waals surface area contributed by atoms with E-state index in [1.54, 1.807) is 23.5 Å². The van der Waals surface area contributed by atoms with Crippen LogP contribution >= 0.6 is 11.3 Å². The predicted octanol–water partition coefficient (Wildman–Crippen LogP) is 4.03. The summed E-state index contributed by atoms with van der Waals surface area (Å²) in [6.07, 6.45) is 3.08. The number of nitrogens with zero attached hydrogens (tertiary/aromatic N) is 2. The summed E-state index contributed by atoms with van der Waals surface area (Å²) in [4.78, 5) is 20.0. The lowest BCUT2D eigenvalue weighted by molar-refractivity contribution is 0.0706. The summed E-state index contributed by atoms with van der Waals surface area (Å²) in [5.74, 6) is 0.113. The Morgan fingerprint density at radius 2 is 2.00 bits per heavy atom. The van der Waals surface area contributed by atoms with E-state index in [2.05, 4.69) is 6.07 Å². The third kappa shape index (κ3) is 3.69. The van der Waals surface area contributed by atoms with E-state index >= 15 is 0 Å². The van der Waals surface area contributed by atoms with Crippen LogP contribution in [0.3, 0.4) is 0 Å². The van der Waals surface area contributed by atoms with Gasteiger partial charge in [0.05, 0.1) is 20.1 Å². The van der Waals surface area contributed by atoms with E-state index in [1.807, 2.05) is 30.0 Å². The maximum atomic E-state index is 13.2. The minimum atomic E-state index is -3.35. The van der Waals surface area contributed by atoms with Gasteiger partial charge in [-0.25, -0.2) is 13.4 Å². The van der Waals surface area contributed by atoms with Gasteiger partial charge >= 0.3 is 0 Å². The van der Waals surface area contributed by atoms with E-state index in [1.165, 1.54) is 6.07 Å². The van der Waals surface area contributed by atoms with Gasteiger partial charge in [0.2, 0.25) is 0 Å². The number of likely N-dealkylation sites (tertiary alicyclic amines) is 1. The second-order valence-electron chi connectivity index (χ2n) is 7.36. The Morgan fingerprint density at radius 1 is 1.21 bits per heavy atom. The fourth-order valence-electron chi connectivity index (χ4n) is 3.66. The quantitative estimate of drug-likeness (QED) is 0.649. The van der Waals surface area contributed by atoms with E-state index in [-0.39, 0.29) is 16.7 Å². The van der Waals surface area contributed by atoms with Crippen LogP contribution in [0.5, 0.6) is 0 Å². The van der Waals surface area contributed by atoms with Crippen molar-refractivity contribution in [2.24, 2.45) is 0 Å². The van der Waals surface area contributed by atoms with Gasteiger partial charge in [-0.1, -0.05) is 18.2 Å². The van der Waals surface area contributed by atoms with E-state index in [9.17, 15) is 13.2 Å². The fourth-order valence-corrected chi connectivity index (χ4v) is 5.40. The van der Waals surface area contributed by atoms with Gasteiger partial charge in [0.15, 0.2) is 9.84 Å². The van der Waals surface area contributed by atoms with Crippen LogP contribution in [0.2, 0.25) is 0 Å². The molecule has 1 aliphatic heterocycles. The summed E-state index contributed by atoms with van der Waals surface area (Å²) >= 11 is 1.69. The number of benzene rings is 2. The first-order chi connectivity index (χ1) is 13.3. The highest BCUT2D eigenvalue weighted by Gasteiger charge is 2.28. The number of para-hydroxylation sites is 1. The lowest BCUT2D eigenvalue weighted by Crippen LogP contribution is -2.39. The summed E-state index contributed by atoms with van der Waals surface area (Å²) in [6.45, 7) is 3.14. The molecule has 1 atom stereocenters. The second-order valence-corrected chi connectivity index (χ2v) is 10.4. The topological polar surface area (TPSA) is 67.3 Å². The van der Waals surface area contributed by atoms with Gasteiger partial charge in [-0.05, 0) is 49.6 Å². The molecule has 0 bridgehead atoms. The SMILES string of the molecule is Cc1ccc(S(C)(=O)=O)cc1C(=O)N1CCC[C@@H](c2nc3ccccc3s2)C1. The molecule has 0 radical (unpaired) electrons. The molecule has 1 saturated heterocycles. The van der Waals surface area contributed by atoms with Crippen LogP contribution in [0.1, 0.15) is 39.7 Å². The summed E-state index contributed by atoms with van der Waals surface area (Å²) in [5, 5.41) is 1.07. The number of aryl methyl sites for hydroxylation is 1. The molecule has 5 nitrogen and oxygen atoms in total. The third-order valence-corrected chi connectivity index (χ3v) is 7.54. The molecule has 3 aromatic rings. The monoisotopic (exact) mass is 414 g/mol. The van der Waals surface area contributed by atoms with Gasteiger partial charge in [0.25, 0.3) is 5.91 Å². The van der Waals surface area contributed by atoms with Gasteiger partial charge in [-0.3, -0.25) is 4.79 Å². The standard InChI is InChI=1S/C21H22N2O3S2/c1-14-9-10-16(28(2,25)26)12-17(14)21(24)23-11-5-6-15(13-23)20-22-18-7-3-4-8-19(18)27-20/h3-4,7-10,12,15H,5-6,11,13H2,1-2H3/t15-/m1/s1. The number of carbonyl (C=O) groups is 1. The fraction of sp³-hybridized carbons (Fsp3) is 0.333. The number of amides is 1. The highest BCUT2D eigenvalue weighted by molar-refractivity contribution is 7.90. The Labute approximate surface area is 168 Å². The van der Waals surface area contributed by atoms with Gasteiger partial charge in [0, 0.05) is 30.8 Å². The molecule has 2 aromatic carbocycles. The van der Waals surface area contributed by atoms with Gasteiger partial charge in [-0.15, -0.1) is 11.3 Å². The highest BCUT2D eigenvalue weighted by Crippen LogP contribution is 2.33. The molecule has 0 aliphatic carbocycles. The first-order valence-corrected chi connectivity index (χ1v) is 12.0. The van der Waals surface area contributed by atoms with Crippen molar-refractivity contribution >= 4 is 37.3 Å². The maximum Gasteiger partial charge on any atom is 0.254 e. The molecule has 0 N–H and O–H groups in total. The van der Waals surface area contributed by atoms with E-state index in [4.69, 9.17) is 4.98 Å². The van der Waals surface area contributed by atoms with Crippen molar-refractivity contribution in [1.29, 1.82) is 0 Å². The smallest absolute Gasteiger partial charge is 0.254 e. The summed E-state index contributed by atoms with van der Waals surface area (Å²) in [6, 6.07) is 12.9. The molecule has 1 fully saturated rings. The lowest BCUT2D eigenvalue weighted by Gasteiger charge is -2.32. The van der Waals surface area contributed by atoms with Crippen LogP contribution in [-0.4, -0.2) is 43.6 Å². The normalized spacial score (nSPS) is 17.8. The number of sulfone groups is 1. The molecule has 1 aliphatic rings. The second kappa shape index (κ2) is 7.29. The van der Waals surface area contributed by atoms with E-state index < -0.39 is 9.84 Å². The van der Waals surface area contributed by atoms with Crippen molar-refractivity contribution in [3.05, 3.63) is 58.6 Å². The average molecular weight is 415 g/mol. The number of fused-ring (bicyclic) bond motifs is 1. The third-order valence-electron chi connectivity index (χ3n) is 5.24. The van der Waals surface area contributed by atoms with Crippen LogP contribution in [0.4, 0.5) is 0 Å². The Hall–Kier alpha value is -2.25. The number of aromatic nitrogens is 1. The van der Waals surface area contributed by atoms with Crippen molar-refractivity contribution in [1.82, 2.24) is 9.88 Å². The predicted molar refractivity (Wildman–Crippen MR) is 112 cm³/mol. The number of carbonyl (C=O) groups excluding carboxylic acids is 1. The zero-order valence-corrected chi connectivity index (χ0v) is 17.5. The first-order valence-electron chi connectivity index (χ1n) is 9.28. The van der Waals surface area contributed by atoms with Crippen LogP contribution in [0, 0.1) is 6.92 Å². The Bertz CT molecular complexity index is 1120. The number of rotatable bonds is 3. The van der Waals surface area contributed by atoms with E-state index in [0.717, 1.165) is 39.9 Å². The Kier molecular flexibility index (Phi) is 4.97. The molecule has 28 heavy (non-hydrogen) atoms. The van der Waals surface area contributed by atoms with E-state index in [0.29, 0.717) is 18.7 Å². The van der Waals surface area contributed by atoms with Crippen molar-refractivity contribution in [3.8, 4) is 0 Å². The molecule has 2 heterocycles. The van der Waals surface area contributed by atoms with Crippen molar-refractivity contribution in [2.75, 3.05) is 19.3 Å². The van der Waals surface area contributed by atoms with Crippen LogP contribution in [-0.2, 0) is 9.84 Å². The van der Waals surface area contributed by atoms with Gasteiger partial charge in [-0.2, -0.15) is 0 Å². The van der Waals surface area contributed by atoms with Crippen molar-refractivity contribution < 1.29 is 13.2 Å². The number of hydrogen-bond acceptors (Lipinski definition) is 5. The highest BCUT2D eigenvalue weighted by atomic mass is 32.2. The average Bonchev–Trinajstić information content (AvgIpc) is 3.11. The minimum absolute atomic E-state index is 0.103. The molecule has 0 unspecified atom stereocenters. The number of hydrogen-bond donors (Lipinski definition) is 0. The Morgan fingerprint density at radius 3 is 2.75 bits per heavy atom. The first kappa shape index (κ1) is 19.1.